The summed E-state index contributed by atoms with van der Waals surface area (Å²) in [6, 6.07) is 25.4. The second-order valence-corrected chi connectivity index (χ2v) is 11.7. The molecule has 1 fully saturated rings. The van der Waals surface area contributed by atoms with Crippen molar-refractivity contribution in [2.45, 2.75) is 22.9 Å². The van der Waals surface area contributed by atoms with Crippen LogP contribution < -0.4 is 9.88 Å². The average molecular weight is 569 g/mol. The normalized spacial score (nSPS) is 18.7. The number of thioether (sulfide) groups is 2. The number of fused-ring (bicyclic) bond motifs is 3. The highest BCUT2D eigenvalue weighted by atomic mass is 32.2. The van der Waals surface area contributed by atoms with Gasteiger partial charge in [-0.25, -0.2) is 4.79 Å². The molecule has 0 bridgehead atoms. The molecule has 2 aliphatic rings. The van der Waals surface area contributed by atoms with E-state index in [4.69, 9.17) is 0 Å². The molecule has 6 rings (SSSR count). The number of aromatic nitrogens is 1. The second-order valence-electron chi connectivity index (χ2n) is 9.55. The van der Waals surface area contributed by atoms with Crippen molar-refractivity contribution in [3.8, 4) is 0 Å². The standard InChI is InChI=1S/C31H25N3O4S2/c35-26(19-39-24-14-13-20-7-1-2-9-22(20)17-24)32-27-29(36)34-28(31(37)38)23(18-40-30(27)34)11-6-16-33-15-5-10-21-8-3-4-12-25(21)33/h1-15,17,27,30H,16,18-19H2,(H-,32,35,37,38)/p+1/t27-,30-/m1/s1. The molecule has 1 aromatic heterocycles. The van der Waals surface area contributed by atoms with E-state index in [9.17, 15) is 19.5 Å². The fraction of sp³-hybridized carbons (Fsp3) is 0.161. The quantitative estimate of drug-likeness (QED) is 0.186. The van der Waals surface area contributed by atoms with Crippen molar-refractivity contribution in [2.75, 3.05) is 11.5 Å². The minimum Gasteiger partial charge on any atom is -0.477 e. The predicted molar refractivity (Wildman–Crippen MR) is 158 cm³/mol. The van der Waals surface area contributed by atoms with Gasteiger partial charge in [0.05, 0.1) is 5.75 Å². The van der Waals surface area contributed by atoms with Crippen LogP contribution in [0.2, 0.25) is 0 Å². The van der Waals surface area contributed by atoms with Crippen molar-refractivity contribution in [2.24, 2.45) is 0 Å². The van der Waals surface area contributed by atoms with Crippen LogP contribution in [0.1, 0.15) is 0 Å². The number of carbonyl (C=O) groups excluding carboxylic acids is 2. The Bertz CT molecular complexity index is 1710. The number of hydrogen-bond donors (Lipinski definition) is 2. The summed E-state index contributed by atoms with van der Waals surface area (Å²) in [4.78, 5) is 40.2. The molecular weight excluding hydrogens is 542 g/mol. The Balaban J connectivity index is 1.10. The molecule has 3 aromatic carbocycles. The zero-order valence-corrected chi connectivity index (χ0v) is 23.0. The van der Waals surface area contributed by atoms with Crippen LogP contribution in [0.15, 0.2) is 113 Å². The Kier molecular flexibility index (Phi) is 7.32. The number of nitrogens with zero attached hydrogens (tertiary/aromatic N) is 2. The summed E-state index contributed by atoms with van der Waals surface area (Å²) in [7, 11) is 0. The third kappa shape index (κ3) is 5.10. The van der Waals surface area contributed by atoms with Gasteiger partial charge in [-0.15, -0.1) is 23.5 Å². The van der Waals surface area contributed by atoms with Gasteiger partial charge in [-0.2, -0.15) is 4.57 Å². The summed E-state index contributed by atoms with van der Waals surface area (Å²) in [5.41, 5.74) is 1.65. The Hall–Kier alpha value is -4.08. The topological polar surface area (TPSA) is 90.6 Å². The van der Waals surface area contributed by atoms with E-state index in [1.165, 1.54) is 28.4 Å². The van der Waals surface area contributed by atoms with E-state index in [0.29, 0.717) is 17.9 Å². The maximum Gasteiger partial charge on any atom is 0.352 e. The number of allylic oxidation sites excluding steroid dienone is 2. The molecule has 4 aromatic rings. The minimum atomic E-state index is -1.15. The lowest BCUT2D eigenvalue weighted by molar-refractivity contribution is -0.661. The van der Waals surface area contributed by atoms with Gasteiger partial charge in [-0.05, 0) is 46.7 Å². The van der Waals surface area contributed by atoms with Crippen molar-refractivity contribution >= 4 is 63.0 Å². The third-order valence-electron chi connectivity index (χ3n) is 7.02. The van der Waals surface area contributed by atoms with Gasteiger partial charge in [-0.1, -0.05) is 48.5 Å². The maximum atomic E-state index is 13.0. The first kappa shape index (κ1) is 26.2. The van der Waals surface area contributed by atoms with Crippen molar-refractivity contribution in [3.63, 3.8) is 0 Å². The first-order valence-electron chi connectivity index (χ1n) is 12.9. The van der Waals surface area contributed by atoms with Crippen LogP contribution in [0.3, 0.4) is 0 Å². The van der Waals surface area contributed by atoms with Gasteiger partial charge in [0.1, 0.15) is 17.1 Å². The van der Waals surface area contributed by atoms with Crippen molar-refractivity contribution < 1.29 is 24.1 Å². The van der Waals surface area contributed by atoms with E-state index in [0.717, 1.165) is 26.6 Å². The smallest absolute Gasteiger partial charge is 0.352 e. The highest BCUT2D eigenvalue weighted by Crippen LogP contribution is 2.40. The molecule has 0 unspecified atom stereocenters. The van der Waals surface area contributed by atoms with E-state index in [1.54, 1.807) is 6.08 Å². The highest BCUT2D eigenvalue weighted by Gasteiger charge is 2.53. The number of carboxylic acid groups (broad SMARTS) is 1. The molecule has 0 radical (unpaired) electrons. The summed E-state index contributed by atoms with van der Waals surface area (Å²) < 4.78 is 2.09. The van der Waals surface area contributed by atoms with Crippen LogP contribution in [0.25, 0.3) is 21.7 Å². The number of carboxylic acids is 1. The maximum absolute atomic E-state index is 13.0. The summed E-state index contributed by atoms with van der Waals surface area (Å²) in [5, 5.41) is 15.7. The van der Waals surface area contributed by atoms with Crippen LogP contribution in [0.5, 0.6) is 0 Å². The number of benzene rings is 3. The number of amides is 2. The summed E-state index contributed by atoms with van der Waals surface area (Å²) in [6.07, 6.45) is 5.69. The van der Waals surface area contributed by atoms with Gasteiger partial charge in [-0.3, -0.25) is 14.5 Å². The molecule has 2 aliphatic heterocycles. The molecular formula is C31H26N3O4S2+. The lowest BCUT2D eigenvalue weighted by Crippen LogP contribution is -2.70. The number of β-lactam (4-membered cyclic amide) rings is 1. The predicted octanol–water partition coefficient (Wildman–Crippen LogP) is 4.37. The zero-order chi connectivity index (χ0) is 27.6. The number of nitrogens with one attached hydrogen (secondary N) is 1. The Labute approximate surface area is 239 Å². The molecule has 2 atom stereocenters. The second kappa shape index (κ2) is 11.2. The molecule has 0 spiro atoms. The number of carbonyl (C=O) groups is 3. The summed E-state index contributed by atoms with van der Waals surface area (Å²) in [5.74, 6) is -1.19. The van der Waals surface area contributed by atoms with Crippen LogP contribution >= 0.6 is 23.5 Å². The van der Waals surface area contributed by atoms with Crippen molar-refractivity contribution in [3.05, 3.63) is 108 Å². The highest BCUT2D eigenvalue weighted by molar-refractivity contribution is 8.00. The third-order valence-corrected chi connectivity index (χ3v) is 9.31. The fourth-order valence-corrected chi connectivity index (χ4v) is 7.16. The van der Waals surface area contributed by atoms with Crippen LogP contribution in [-0.2, 0) is 20.9 Å². The first-order chi connectivity index (χ1) is 19.5. The minimum absolute atomic E-state index is 0.0102. The zero-order valence-electron chi connectivity index (χ0n) is 21.4. The molecule has 0 saturated carbocycles. The lowest BCUT2D eigenvalue weighted by atomic mass is 10.0. The number of pyridine rings is 1. The van der Waals surface area contributed by atoms with Gasteiger partial charge in [0, 0.05) is 28.2 Å². The molecule has 2 amide bonds. The van der Waals surface area contributed by atoms with Gasteiger partial charge < -0.3 is 10.4 Å². The van der Waals surface area contributed by atoms with Gasteiger partial charge in [0.15, 0.2) is 12.7 Å². The Morgan fingerprint density at radius 2 is 1.77 bits per heavy atom. The molecule has 3 heterocycles. The van der Waals surface area contributed by atoms with Gasteiger partial charge in [0.2, 0.25) is 11.4 Å². The van der Waals surface area contributed by atoms with E-state index in [-0.39, 0.29) is 17.4 Å². The lowest BCUT2D eigenvalue weighted by Gasteiger charge is -2.49. The SMILES string of the molecule is O=C(CSc1ccc2ccccc2c1)N[C@@H]1C(=O)N2C(C(=O)O)=C(C=CC[n+]3cccc4ccccc43)CS[C@H]12. The largest absolute Gasteiger partial charge is 0.477 e. The van der Waals surface area contributed by atoms with Crippen LogP contribution in [0.4, 0.5) is 0 Å². The van der Waals surface area contributed by atoms with E-state index < -0.39 is 23.3 Å². The number of rotatable bonds is 8. The van der Waals surface area contributed by atoms with E-state index >= 15 is 0 Å². The van der Waals surface area contributed by atoms with E-state index in [2.05, 4.69) is 9.88 Å². The van der Waals surface area contributed by atoms with Crippen LogP contribution in [0, 0.1) is 0 Å². The molecule has 2 N–H and O–H groups in total. The number of aliphatic carboxylic acids is 1. The van der Waals surface area contributed by atoms with Crippen LogP contribution in [-0.4, -0.2) is 50.7 Å². The van der Waals surface area contributed by atoms with Crippen molar-refractivity contribution in [1.82, 2.24) is 10.2 Å². The monoisotopic (exact) mass is 568 g/mol. The molecule has 7 nitrogen and oxygen atoms in total. The molecule has 40 heavy (non-hydrogen) atoms. The van der Waals surface area contributed by atoms with E-state index in [1.807, 2.05) is 91.1 Å². The first-order valence-corrected chi connectivity index (χ1v) is 14.9. The van der Waals surface area contributed by atoms with Gasteiger partial charge in [0.25, 0.3) is 5.91 Å². The molecule has 1 saturated heterocycles. The summed E-state index contributed by atoms with van der Waals surface area (Å²) >= 11 is 2.87. The number of hydrogen-bond acceptors (Lipinski definition) is 5. The van der Waals surface area contributed by atoms with Gasteiger partial charge >= 0.3 is 5.97 Å². The Morgan fingerprint density at radius 1 is 1.02 bits per heavy atom. The fourth-order valence-electron chi connectivity index (χ4n) is 5.08. The Morgan fingerprint density at radius 3 is 2.60 bits per heavy atom. The molecule has 0 aliphatic carbocycles. The summed E-state index contributed by atoms with van der Waals surface area (Å²) in [6.45, 7) is 0.563. The average Bonchev–Trinajstić information content (AvgIpc) is 2.98. The molecule has 200 valence electrons. The number of para-hydroxylation sites is 1. The molecule has 9 heteroatoms. The van der Waals surface area contributed by atoms with Crippen molar-refractivity contribution in [1.29, 1.82) is 0 Å².